The summed E-state index contributed by atoms with van der Waals surface area (Å²) in [6.07, 6.45) is 2.06. The highest BCUT2D eigenvalue weighted by Gasteiger charge is 2.49. The van der Waals surface area contributed by atoms with E-state index in [4.69, 9.17) is 4.52 Å². The maximum atomic E-state index is 12.8. The van der Waals surface area contributed by atoms with E-state index in [0.29, 0.717) is 11.5 Å². The summed E-state index contributed by atoms with van der Waals surface area (Å²) in [5.41, 5.74) is 1.65. The van der Waals surface area contributed by atoms with Crippen LogP contribution in [-0.2, 0) is 23.3 Å². The van der Waals surface area contributed by atoms with Crippen LogP contribution in [0.15, 0.2) is 34.9 Å². The molecule has 1 aromatic carbocycles. The Kier molecular flexibility index (Phi) is 4.13. The summed E-state index contributed by atoms with van der Waals surface area (Å²) < 4.78 is 5.12. The zero-order valence-corrected chi connectivity index (χ0v) is 14.1. The van der Waals surface area contributed by atoms with Gasteiger partial charge in [-0.3, -0.25) is 9.69 Å². The Morgan fingerprint density at radius 1 is 1.25 bits per heavy atom. The summed E-state index contributed by atoms with van der Waals surface area (Å²) in [5.74, 6) is 0.198. The quantitative estimate of drug-likeness (QED) is 0.857. The smallest absolute Gasteiger partial charge is 0.325 e. The second kappa shape index (κ2) is 6.11. The lowest BCUT2D eigenvalue weighted by Gasteiger charge is -2.22. The predicted octanol–water partition coefficient (Wildman–Crippen LogP) is 2.90. The minimum atomic E-state index is -1.06. The maximum absolute atomic E-state index is 12.8. The molecule has 0 saturated carbocycles. The van der Waals surface area contributed by atoms with Crippen molar-refractivity contribution in [1.29, 1.82) is 0 Å². The van der Waals surface area contributed by atoms with Crippen LogP contribution >= 0.6 is 0 Å². The van der Waals surface area contributed by atoms with E-state index in [1.807, 2.05) is 24.3 Å². The number of urea groups is 1. The maximum Gasteiger partial charge on any atom is 0.325 e. The Morgan fingerprint density at radius 2 is 1.96 bits per heavy atom. The lowest BCUT2D eigenvalue weighted by molar-refractivity contribution is -0.131. The van der Waals surface area contributed by atoms with Crippen molar-refractivity contribution in [3.8, 4) is 0 Å². The van der Waals surface area contributed by atoms with Crippen molar-refractivity contribution in [3.05, 3.63) is 52.9 Å². The predicted molar refractivity (Wildman–Crippen MR) is 88.1 cm³/mol. The Labute approximate surface area is 140 Å². The van der Waals surface area contributed by atoms with E-state index < -0.39 is 11.6 Å². The first-order valence-electron chi connectivity index (χ1n) is 8.09. The van der Waals surface area contributed by atoms with Gasteiger partial charge in [-0.2, -0.15) is 0 Å². The van der Waals surface area contributed by atoms with Gasteiger partial charge in [0.25, 0.3) is 5.91 Å². The van der Waals surface area contributed by atoms with Crippen LogP contribution in [-0.4, -0.2) is 22.0 Å². The minimum absolute atomic E-state index is 0.0784. The monoisotopic (exact) mass is 327 g/mol. The van der Waals surface area contributed by atoms with Crippen molar-refractivity contribution in [1.82, 2.24) is 15.4 Å². The molecule has 2 heterocycles. The molecule has 0 aliphatic carbocycles. The molecular weight excluding hydrogens is 306 g/mol. The van der Waals surface area contributed by atoms with E-state index in [0.717, 1.165) is 18.4 Å². The number of imide groups is 1. The molecule has 0 radical (unpaired) electrons. The molecule has 3 rings (SSSR count). The number of hydrogen-bond acceptors (Lipinski definition) is 4. The van der Waals surface area contributed by atoms with Gasteiger partial charge < -0.3 is 9.84 Å². The highest BCUT2D eigenvalue weighted by atomic mass is 16.5. The summed E-state index contributed by atoms with van der Waals surface area (Å²) in [7, 11) is 0. The SMILES string of the molecule is CCCc1ccc(C2(C)NC(=O)N(Cc3cc(C)no3)C2=O)cc1. The minimum Gasteiger partial charge on any atom is -0.359 e. The Morgan fingerprint density at radius 3 is 2.54 bits per heavy atom. The standard InChI is InChI=1S/C18H21N3O3/c1-4-5-13-6-8-14(9-7-13)18(3)16(22)21(17(23)19-18)11-15-10-12(2)20-24-15/h6-10H,4-5,11H2,1-3H3,(H,19,23). The third-order valence-corrected chi connectivity index (χ3v) is 4.34. The van der Waals surface area contributed by atoms with Crippen molar-refractivity contribution in [3.63, 3.8) is 0 Å². The van der Waals surface area contributed by atoms with Gasteiger partial charge in [-0.05, 0) is 31.4 Å². The zero-order valence-electron chi connectivity index (χ0n) is 14.1. The van der Waals surface area contributed by atoms with Gasteiger partial charge in [0.05, 0.1) is 12.2 Å². The Hall–Kier alpha value is -2.63. The van der Waals surface area contributed by atoms with Crippen molar-refractivity contribution >= 4 is 11.9 Å². The van der Waals surface area contributed by atoms with Crippen LogP contribution in [0.25, 0.3) is 0 Å². The second-order valence-corrected chi connectivity index (χ2v) is 6.33. The molecule has 6 heteroatoms. The second-order valence-electron chi connectivity index (χ2n) is 6.33. The molecule has 1 N–H and O–H groups in total. The first-order valence-corrected chi connectivity index (χ1v) is 8.09. The van der Waals surface area contributed by atoms with Crippen LogP contribution in [0.4, 0.5) is 4.79 Å². The van der Waals surface area contributed by atoms with E-state index in [9.17, 15) is 9.59 Å². The topological polar surface area (TPSA) is 75.4 Å². The summed E-state index contributed by atoms with van der Waals surface area (Å²) in [5, 5.41) is 6.59. The molecule has 0 spiro atoms. The van der Waals surface area contributed by atoms with Gasteiger partial charge in [-0.25, -0.2) is 4.79 Å². The van der Waals surface area contributed by atoms with Crippen LogP contribution in [0.1, 0.15) is 42.8 Å². The number of hydrogen-bond donors (Lipinski definition) is 1. The number of carbonyl (C=O) groups is 2. The molecule has 24 heavy (non-hydrogen) atoms. The first-order chi connectivity index (χ1) is 11.4. The summed E-state index contributed by atoms with van der Waals surface area (Å²) in [4.78, 5) is 26.3. The molecule has 0 bridgehead atoms. The van der Waals surface area contributed by atoms with Crippen molar-refractivity contribution < 1.29 is 14.1 Å². The largest absolute Gasteiger partial charge is 0.359 e. The number of aryl methyl sites for hydroxylation is 2. The Bertz CT molecular complexity index is 766. The number of carbonyl (C=O) groups excluding carboxylic acids is 2. The summed E-state index contributed by atoms with van der Waals surface area (Å²) in [6.45, 7) is 5.72. The molecule has 126 valence electrons. The fraction of sp³-hybridized carbons (Fsp3) is 0.389. The molecule has 6 nitrogen and oxygen atoms in total. The lowest BCUT2D eigenvalue weighted by atomic mass is 9.91. The van der Waals surface area contributed by atoms with Gasteiger partial charge in [0.1, 0.15) is 5.54 Å². The van der Waals surface area contributed by atoms with Gasteiger partial charge >= 0.3 is 6.03 Å². The fourth-order valence-electron chi connectivity index (χ4n) is 2.98. The molecule has 1 aromatic heterocycles. The van der Waals surface area contributed by atoms with Gasteiger partial charge in [-0.1, -0.05) is 42.8 Å². The van der Waals surface area contributed by atoms with E-state index >= 15 is 0 Å². The molecule has 1 aliphatic heterocycles. The lowest BCUT2D eigenvalue weighted by Crippen LogP contribution is -2.40. The molecule has 1 atom stereocenters. The molecule has 2 aromatic rings. The molecule has 1 unspecified atom stereocenters. The first kappa shape index (κ1) is 16.2. The van der Waals surface area contributed by atoms with Crippen LogP contribution in [0.2, 0.25) is 0 Å². The van der Waals surface area contributed by atoms with E-state index in [2.05, 4.69) is 17.4 Å². The van der Waals surface area contributed by atoms with Gasteiger partial charge in [-0.15, -0.1) is 0 Å². The van der Waals surface area contributed by atoms with E-state index in [1.165, 1.54) is 10.5 Å². The molecule has 1 saturated heterocycles. The third-order valence-electron chi connectivity index (χ3n) is 4.34. The summed E-state index contributed by atoms with van der Waals surface area (Å²) in [6, 6.07) is 9.12. The number of nitrogens with one attached hydrogen (secondary N) is 1. The van der Waals surface area contributed by atoms with Crippen molar-refractivity contribution in [2.24, 2.45) is 0 Å². The van der Waals surface area contributed by atoms with Gasteiger partial charge in [0.2, 0.25) is 0 Å². The number of aromatic nitrogens is 1. The molecular formula is C18H21N3O3. The van der Waals surface area contributed by atoms with Gasteiger partial charge in [0, 0.05) is 6.07 Å². The zero-order chi connectivity index (χ0) is 17.3. The molecule has 1 fully saturated rings. The van der Waals surface area contributed by atoms with Crippen LogP contribution in [0.3, 0.4) is 0 Å². The molecule has 1 aliphatic rings. The van der Waals surface area contributed by atoms with Crippen LogP contribution in [0, 0.1) is 6.92 Å². The summed E-state index contributed by atoms with van der Waals surface area (Å²) >= 11 is 0. The average molecular weight is 327 g/mol. The normalized spacial score (nSPS) is 20.5. The fourth-order valence-corrected chi connectivity index (χ4v) is 2.98. The average Bonchev–Trinajstić information content (AvgIpc) is 3.06. The third kappa shape index (κ3) is 2.79. The van der Waals surface area contributed by atoms with Gasteiger partial charge in [0.15, 0.2) is 5.76 Å². The van der Waals surface area contributed by atoms with Crippen molar-refractivity contribution in [2.75, 3.05) is 0 Å². The highest BCUT2D eigenvalue weighted by molar-refractivity contribution is 6.07. The number of rotatable bonds is 5. The van der Waals surface area contributed by atoms with E-state index in [-0.39, 0.29) is 12.5 Å². The van der Waals surface area contributed by atoms with Crippen LogP contribution in [0.5, 0.6) is 0 Å². The van der Waals surface area contributed by atoms with Crippen molar-refractivity contribution in [2.45, 2.75) is 45.7 Å². The highest BCUT2D eigenvalue weighted by Crippen LogP contribution is 2.30. The van der Waals surface area contributed by atoms with Crippen LogP contribution < -0.4 is 5.32 Å². The Balaban J connectivity index is 1.83. The number of amides is 3. The number of nitrogens with zero attached hydrogens (tertiary/aromatic N) is 2. The molecule has 3 amide bonds. The van der Waals surface area contributed by atoms with E-state index in [1.54, 1.807) is 19.9 Å². The number of benzene rings is 1.